The van der Waals surface area contributed by atoms with Crippen LogP contribution >= 0.6 is 0 Å². The predicted molar refractivity (Wildman–Crippen MR) is 97.4 cm³/mol. The molecule has 2 nitrogen and oxygen atoms in total. The van der Waals surface area contributed by atoms with Crippen molar-refractivity contribution in [1.82, 2.24) is 0 Å². The number of nitrogens with one attached hydrogen (secondary N) is 1. The van der Waals surface area contributed by atoms with Gasteiger partial charge in [0, 0.05) is 12.1 Å². The molecule has 1 aromatic heterocycles. The molecule has 0 radical (unpaired) electrons. The number of hydrogen-bond acceptors (Lipinski definition) is 1. The van der Waals surface area contributed by atoms with Gasteiger partial charge < -0.3 is 17.7 Å². The van der Waals surface area contributed by atoms with Gasteiger partial charge in [0.15, 0.2) is 0 Å². The average molecular weight is 389 g/mol. The van der Waals surface area contributed by atoms with E-state index >= 15 is 0 Å². The van der Waals surface area contributed by atoms with Crippen LogP contribution in [-0.2, 0) is 13.2 Å². The minimum Gasteiger partial charge on any atom is -1.00 e. The number of aryl methyl sites for hydroxylation is 1. The fraction of sp³-hybridized carbons (Fsp3) is 0.0952. The zero-order valence-corrected chi connectivity index (χ0v) is 15.1. The molecule has 0 spiro atoms. The average Bonchev–Trinajstić information content (AvgIpc) is 2.65. The summed E-state index contributed by atoms with van der Waals surface area (Å²) in [5.41, 5.74) is 1.92. The number of nitrogens with zero attached hydrogens (tertiary/aromatic N) is 1. The molecule has 0 atom stereocenters. The lowest BCUT2D eigenvalue weighted by Crippen LogP contribution is -3.00. The molecule has 4 aromatic rings. The Balaban J connectivity index is 0.00000210. The van der Waals surface area contributed by atoms with Crippen molar-refractivity contribution in [3.63, 3.8) is 0 Å². The summed E-state index contributed by atoms with van der Waals surface area (Å²) in [7, 11) is 1.96. The van der Waals surface area contributed by atoms with E-state index in [2.05, 4.69) is 5.32 Å². The molecule has 0 amide bonds. The zero-order chi connectivity index (χ0) is 18.3. The molecule has 0 aliphatic carbocycles. The number of hydrogen-bond donors (Lipinski definition) is 1. The van der Waals surface area contributed by atoms with Crippen LogP contribution in [0.25, 0.3) is 21.8 Å². The van der Waals surface area contributed by atoms with Gasteiger partial charge in [-0.3, -0.25) is 0 Å². The van der Waals surface area contributed by atoms with Gasteiger partial charge in [0.25, 0.3) is 0 Å². The van der Waals surface area contributed by atoms with Crippen LogP contribution in [0.5, 0.6) is 0 Å². The maximum atomic E-state index is 13.4. The van der Waals surface area contributed by atoms with Crippen LogP contribution in [0, 0.1) is 0 Å². The second-order valence-electron chi connectivity index (χ2n) is 6.14. The lowest BCUT2D eigenvalue weighted by Gasteiger charge is -2.16. The van der Waals surface area contributed by atoms with E-state index in [0.717, 1.165) is 27.9 Å². The molecule has 1 heterocycles. The first-order valence-corrected chi connectivity index (χ1v) is 8.19. The summed E-state index contributed by atoms with van der Waals surface area (Å²) < 4.78 is 42.2. The number of anilines is 2. The highest BCUT2D eigenvalue weighted by atomic mass is 35.5. The number of aromatic nitrogens is 1. The fourth-order valence-electron chi connectivity index (χ4n) is 3.34. The topological polar surface area (TPSA) is 15.9 Å². The summed E-state index contributed by atoms with van der Waals surface area (Å²) in [4.78, 5) is 0. The number of fused-ring (bicyclic) bond motifs is 2. The monoisotopic (exact) mass is 388 g/mol. The zero-order valence-electron chi connectivity index (χ0n) is 14.4. The molecule has 0 fully saturated rings. The lowest BCUT2D eigenvalue weighted by atomic mass is 10.1. The first kappa shape index (κ1) is 19.0. The van der Waals surface area contributed by atoms with Crippen molar-refractivity contribution >= 4 is 33.2 Å². The van der Waals surface area contributed by atoms with Crippen LogP contribution in [0.4, 0.5) is 24.5 Å². The molecule has 4 rings (SSSR count). The Hall–Kier alpha value is -2.79. The molecule has 6 heteroatoms. The summed E-state index contributed by atoms with van der Waals surface area (Å²) in [6.45, 7) is 0. The Morgan fingerprint density at radius 3 is 1.78 bits per heavy atom. The van der Waals surface area contributed by atoms with Gasteiger partial charge in [0.1, 0.15) is 7.05 Å². The molecule has 0 aliphatic rings. The maximum absolute atomic E-state index is 13.4. The molecule has 138 valence electrons. The Morgan fingerprint density at radius 1 is 0.741 bits per heavy atom. The van der Waals surface area contributed by atoms with E-state index in [0.29, 0.717) is 5.69 Å². The highest BCUT2D eigenvalue weighted by Crippen LogP contribution is 2.38. The Morgan fingerprint density at radius 2 is 1.22 bits per heavy atom. The van der Waals surface area contributed by atoms with Crippen LogP contribution in [-0.4, -0.2) is 0 Å². The van der Waals surface area contributed by atoms with Crippen LogP contribution < -0.4 is 22.3 Å². The molecular formula is C21H16ClF3N2. The van der Waals surface area contributed by atoms with Crippen LogP contribution in [0.15, 0.2) is 72.8 Å². The second kappa shape index (κ2) is 7.08. The van der Waals surface area contributed by atoms with Crippen molar-refractivity contribution in [3.8, 4) is 0 Å². The largest absolute Gasteiger partial charge is 1.00 e. The van der Waals surface area contributed by atoms with Crippen LogP contribution in [0.3, 0.4) is 0 Å². The van der Waals surface area contributed by atoms with Crippen molar-refractivity contribution in [2.24, 2.45) is 7.05 Å². The predicted octanol–water partition coefficient (Wildman–Crippen LogP) is 2.58. The van der Waals surface area contributed by atoms with Crippen LogP contribution in [0.1, 0.15) is 5.56 Å². The minimum atomic E-state index is -4.42. The van der Waals surface area contributed by atoms with E-state index in [1.807, 2.05) is 60.1 Å². The first-order valence-electron chi connectivity index (χ1n) is 8.19. The Kier molecular flexibility index (Phi) is 4.98. The first-order chi connectivity index (χ1) is 12.5. The summed E-state index contributed by atoms with van der Waals surface area (Å²) in [6, 6.07) is 20.9. The third-order valence-corrected chi connectivity index (χ3v) is 4.56. The van der Waals surface area contributed by atoms with E-state index in [4.69, 9.17) is 0 Å². The van der Waals surface area contributed by atoms with E-state index in [1.165, 1.54) is 12.1 Å². The van der Waals surface area contributed by atoms with Gasteiger partial charge in [0.05, 0.1) is 27.7 Å². The van der Waals surface area contributed by atoms with E-state index in [9.17, 15) is 13.2 Å². The van der Waals surface area contributed by atoms with E-state index in [-0.39, 0.29) is 18.1 Å². The third-order valence-electron chi connectivity index (χ3n) is 4.56. The minimum absolute atomic E-state index is 0. The quantitative estimate of drug-likeness (QED) is 0.412. The van der Waals surface area contributed by atoms with Crippen molar-refractivity contribution in [2.45, 2.75) is 6.18 Å². The smallest absolute Gasteiger partial charge is 0.418 e. The van der Waals surface area contributed by atoms with Crippen molar-refractivity contribution in [1.29, 1.82) is 0 Å². The highest BCUT2D eigenvalue weighted by molar-refractivity contribution is 6.06. The van der Waals surface area contributed by atoms with Crippen molar-refractivity contribution in [3.05, 3.63) is 78.4 Å². The van der Waals surface area contributed by atoms with Gasteiger partial charge in [0.2, 0.25) is 11.0 Å². The molecular weight excluding hydrogens is 373 g/mol. The number of benzene rings is 3. The highest BCUT2D eigenvalue weighted by Gasteiger charge is 2.33. The molecule has 0 bridgehead atoms. The van der Waals surface area contributed by atoms with E-state index < -0.39 is 11.7 Å². The molecule has 3 aromatic carbocycles. The fourth-order valence-corrected chi connectivity index (χ4v) is 3.34. The Bertz CT molecular complexity index is 1070. The molecule has 0 saturated heterocycles. The molecule has 0 saturated carbocycles. The molecule has 0 aliphatic heterocycles. The maximum Gasteiger partial charge on any atom is 0.418 e. The standard InChI is InChI=1S/C21H15F3N2.ClH/c1-26-18-12-6-2-8-14(18)20(15-9-3-7-13-19(15)26)25-17-11-5-4-10-16(17)21(22,23)24;/h2-13H,1H3;1H. The van der Waals surface area contributed by atoms with Gasteiger partial charge in [-0.25, -0.2) is 0 Å². The third kappa shape index (κ3) is 3.30. The second-order valence-corrected chi connectivity index (χ2v) is 6.14. The normalized spacial score (nSPS) is 11.4. The van der Waals surface area contributed by atoms with Gasteiger partial charge in [-0.15, -0.1) is 0 Å². The SMILES string of the molecule is C[n+]1c2ccccc2c(Nc2ccccc2C(F)(F)F)c2ccccc21.[Cl-]. The summed E-state index contributed by atoms with van der Waals surface area (Å²) in [6.07, 6.45) is -4.42. The number of alkyl halides is 3. The number of pyridine rings is 1. The summed E-state index contributed by atoms with van der Waals surface area (Å²) >= 11 is 0. The lowest BCUT2D eigenvalue weighted by molar-refractivity contribution is -0.617. The molecule has 0 unspecified atom stereocenters. The summed E-state index contributed by atoms with van der Waals surface area (Å²) in [5, 5.41) is 4.79. The van der Waals surface area contributed by atoms with Gasteiger partial charge >= 0.3 is 6.18 Å². The van der Waals surface area contributed by atoms with Crippen molar-refractivity contribution < 1.29 is 30.1 Å². The van der Waals surface area contributed by atoms with Gasteiger partial charge in [-0.05, 0) is 24.3 Å². The number of para-hydroxylation sites is 3. The van der Waals surface area contributed by atoms with E-state index in [1.54, 1.807) is 6.07 Å². The van der Waals surface area contributed by atoms with Gasteiger partial charge in [-0.2, -0.15) is 17.7 Å². The molecule has 27 heavy (non-hydrogen) atoms. The summed E-state index contributed by atoms with van der Waals surface area (Å²) in [5.74, 6) is 0. The van der Waals surface area contributed by atoms with Gasteiger partial charge in [-0.1, -0.05) is 36.4 Å². The van der Waals surface area contributed by atoms with Crippen molar-refractivity contribution in [2.75, 3.05) is 5.32 Å². The Labute approximate surface area is 160 Å². The number of rotatable bonds is 2. The molecule has 1 N–H and O–H groups in total. The number of halogens is 4. The van der Waals surface area contributed by atoms with Crippen LogP contribution in [0.2, 0.25) is 0 Å².